The first-order chi connectivity index (χ1) is 9.94. The van der Waals surface area contributed by atoms with Crippen molar-refractivity contribution < 1.29 is 8.42 Å². The lowest BCUT2D eigenvalue weighted by Crippen LogP contribution is -2.32. The molecule has 1 aliphatic carbocycles. The predicted molar refractivity (Wildman–Crippen MR) is 86.1 cm³/mol. The van der Waals surface area contributed by atoms with Crippen molar-refractivity contribution in [1.82, 2.24) is 10.0 Å². The van der Waals surface area contributed by atoms with Crippen molar-refractivity contribution in [2.24, 2.45) is 5.92 Å². The number of benzene rings is 1. The summed E-state index contributed by atoms with van der Waals surface area (Å²) in [4.78, 5) is 0.294. The van der Waals surface area contributed by atoms with Crippen LogP contribution in [0.15, 0.2) is 17.0 Å². The van der Waals surface area contributed by atoms with Gasteiger partial charge in [-0.3, -0.25) is 0 Å². The van der Waals surface area contributed by atoms with E-state index in [1.807, 2.05) is 19.9 Å². The Kier molecular flexibility index (Phi) is 5.66. The highest BCUT2D eigenvalue weighted by molar-refractivity contribution is 7.89. The van der Waals surface area contributed by atoms with Gasteiger partial charge in [0.1, 0.15) is 0 Å². The smallest absolute Gasteiger partial charge is 0.240 e. The van der Waals surface area contributed by atoms with Crippen molar-refractivity contribution in [3.8, 4) is 0 Å². The third-order valence-corrected chi connectivity index (χ3v) is 5.84. The van der Waals surface area contributed by atoms with Crippen LogP contribution in [-0.4, -0.2) is 21.5 Å². The molecule has 0 unspecified atom stereocenters. The normalized spacial score (nSPS) is 16.0. The van der Waals surface area contributed by atoms with Crippen LogP contribution in [0.1, 0.15) is 37.3 Å². The summed E-state index contributed by atoms with van der Waals surface area (Å²) in [7, 11) is -3.49. The molecule has 1 fully saturated rings. The molecule has 0 bridgehead atoms. The van der Waals surface area contributed by atoms with Crippen molar-refractivity contribution in [2.75, 3.05) is 13.1 Å². The number of rotatable bonds is 7. The molecule has 0 spiro atoms. The van der Waals surface area contributed by atoms with Gasteiger partial charge in [-0.25, -0.2) is 13.1 Å². The number of hydrogen-bond donors (Lipinski definition) is 2. The molecule has 118 valence electrons. The minimum absolute atomic E-state index is 0.294. The predicted octanol–water partition coefficient (Wildman–Crippen LogP) is 2.84. The highest BCUT2D eigenvalue weighted by Gasteiger charge is 2.23. The number of nitrogens with one attached hydrogen (secondary N) is 2. The van der Waals surface area contributed by atoms with Gasteiger partial charge in [-0.2, -0.15) is 0 Å². The third kappa shape index (κ3) is 4.19. The average molecular weight is 331 g/mol. The number of hydrogen-bond acceptors (Lipinski definition) is 3. The van der Waals surface area contributed by atoms with Gasteiger partial charge in [-0.05, 0) is 55.5 Å². The topological polar surface area (TPSA) is 58.2 Å². The molecule has 0 atom stereocenters. The highest BCUT2D eigenvalue weighted by atomic mass is 35.5. The Bertz CT molecular complexity index is 598. The molecule has 21 heavy (non-hydrogen) atoms. The summed E-state index contributed by atoms with van der Waals surface area (Å²) in [6.07, 6.45) is 3.43. The highest BCUT2D eigenvalue weighted by Crippen LogP contribution is 2.27. The molecule has 0 aromatic heterocycles. The van der Waals surface area contributed by atoms with E-state index in [0.29, 0.717) is 28.9 Å². The van der Waals surface area contributed by atoms with E-state index < -0.39 is 10.0 Å². The van der Waals surface area contributed by atoms with Crippen molar-refractivity contribution in [1.29, 1.82) is 0 Å². The van der Waals surface area contributed by atoms with Gasteiger partial charge >= 0.3 is 0 Å². The standard InChI is InChI=1S/C15H23ClN2O2S/c1-3-17-10-13-7-14(16)8-15(11(13)2)21(19,20)18-9-12-5-4-6-12/h7-8,12,17-18H,3-6,9-10H2,1-2H3. The largest absolute Gasteiger partial charge is 0.313 e. The van der Waals surface area contributed by atoms with Gasteiger partial charge in [0.15, 0.2) is 0 Å². The number of sulfonamides is 1. The molecule has 1 aromatic rings. The van der Waals surface area contributed by atoms with E-state index in [9.17, 15) is 8.42 Å². The summed E-state index contributed by atoms with van der Waals surface area (Å²) in [6, 6.07) is 3.36. The molecule has 0 amide bonds. The maximum absolute atomic E-state index is 12.5. The minimum Gasteiger partial charge on any atom is -0.313 e. The van der Waals surface area contributed by atoms with E-state index in [0.717, 1.165) is 30.5 Å². The molecule has 1 aliphatic rings. The van der Waals surface area contributed by atoms with Crippen LogP contribution in [0.2, 0.25) is 5.02 Å². The van der Waals surface area contributed by atoms with E-state index in [4.69, 9.17) is 11.6 Å². The zero-order valence-corrected chi connectivity index (χ0v) is 14.1. The van der Waals surface area contributed by atoms with E-state index in [1.165, 1.54) is 12.5 Å². The maximum Gasteiger partial charge on any atom is 0.240 e. The third-order valence-electron chi connectivity index (χ3n) is 4.07. The summed E-state index contributed by atoms with van der Waals surface area (Å²) in [5.41, 5.74) is 1.69. The van der Waals surface area contributed by atoms with Crippen LogP contribution < -0.4 is 10.0 Å². The first-order valence-electron chi connectivity index (χ1n) is 7.43. The molecule has 0 saturated heterocycles. The lowest BCUT2D eigenvalue weighted by Gasteiger charge is -2.25. The fourth-order valence-electron chi connectivity index (χ4n) is 2.43. The zero-order chi connectivity index (χ0) is 15.5. The molecular weight excluding hydrogens is 308 g/mol. The maximum atomic E-state index is 12.5. The first-order valence-corrected chi connectivity index (χ1v) is 9.29. The van der Waals surface area contributed by atoms with Crippen LogP contribution in [0.25, 0.3) is 0 Å². The summed E-state index contributed by atoms with van der Waals surface area (Å²) in [6.45, 7) is 5.82. The monoisotopic (exact) mass is 330 g/mol. The Morgan fingerprint density at radius 2 is 2.05 bits per heavy atom. The average Bonchev–Trinajstić information content (AvgIpc) is 2.37. The molecular formula is C15H23ClN2O2S. The SMILES string of the molecule is CCNCc1cc(Cl)cc(S(=O)(=O)NCC2CCC2)c1C. The molecule has 6 heteroatoms. The van der Waals surface area contributed by atoms with Crippen LogP contribution in [0.5, 0.6) is 0 Å². The van der Waals surface area contributed by atoms with E-state index in [-0.39, 0.29) is 0 Å². The van der Waals surface area contributed by atoms with Crippen LogP contribution in [0.3, 0.4) is 0 Å². The second-order valence-electron chi connectivity index (χ2n) is 5.62. The minimum atomic E-state index is -3.49. The second kappa shape index (κ2) is 7.09. The summed E-state index contributed by atoms with van der Waals surface area (Å²) in [5.74, 6) is 0.487. The molecule has 1 aromatic carbocycles. The van der Waals surface area contributed by atoms with Crippen molar-refractivity contribution in [3.05, 3.63) is 28.3 Å². The van der Waals surface area contributed by atoms with E-state index >= 15 is 0 Å². The van der Waals surface area contributed by atoms with Gasteiger partial charge in [0.2, 0.25) is 10.0 Å². The van der Waals surface area contributed by atoms with E-state index in [1.54, 1.807) is 0 Å². The summed E-state index contributed by atoms with van der Waals surface area (Å²) < 4.78 is 27.7. The molecule has 1 saturated carbocycles. The fraction of sp³-hybridized carbons (Fsp3) is 0.600. The molecule has 2 N–H and O–H groups in total. The van der Waals surface area contributed by atoms with E-state index in [2.05, 4.69) is 10.0 Å². The Labute approximate surface area is 132 Å². The lowest BCUT2D eigenvalue weighted by molar-refractivity contribution is 0.316. The summed E-state index contributed by atoms with van der Waals surface area (Å²) in [5, 5.41) is 3.66. The van der Waals surface area contributed by atoms with Crippen molar-refractivity contribution in [2.45, 2.75) is 44.6 Å². The molecule has 0 radical (unpaired) electrons. The van der Waals surface area contributed by atoms with Crippen molar-refractivity contribution >= 4 is 21.6 Å². The van der Waals surface area contributed by atoms with Gasteiger partial charge in [-0.15, -0.1) is 0 Å². The Balaban J connectivity index is 2.21. The Morgan fingerprint density at radius 3 is 2.62 bits per heavy atom. The van der Waals surface area contributed by atoms with Gasteiger partial charge in [-0.1, -0.05) is 24.9 Å². The van der Waals surface area contributed by atoms with Crippen molar-refractivity contribution in [3.63, 3.8) is 0 Å². The fourth-order valence-corrected chi connectivity index (χ4v) is 4.17. The number of halogens is 1. The summed E-state index contributed by atoms with van der Waals surface area (Å²) >= 11 is 6.09. The van der Waals surface area contributed by atoms with Crippen LogP contribution >= 0.6 is 11.6 Å². The van der Waals surface area contributed by atoms with Gasteiger partial charge in [0, 0.05) is 18.1 Å². The Morgan fingerprint density at radius 1 is 1.33 bits per heavy atom. The molecule has 2 rings (SSSR count). The zero-order valence-electron chi connectivity index (χ0n) is 12.6. The Hall–Kier alpha value is -0.620. The van der Waals surface area contributed by atoms with Crippen LogP contribution in [-0.2, 0) is 16.6 Å². The van der Waals surface area contributed by atoms with Gasteiger partial charge in [0.25, 0.3) is 0 Å². The lowest BCUT2D eigenvalue weighted by atomic mass is 9.86. The van der Waals surface area contributed by atoms with Crippen LogP contribution in [0.4, 0.5) is 0 Å². The van der Waals surface area contributed by atoms with Gasteiger partial charge in [0.05, 0.1) is 4.90 Å². The second-order valence-corrected chi connectivity index (χ2v) is 7.79. The van der Waals surface area contributed by atoms with Crippen LogP contribution in [0, 0.1) is 12.8 Å². The molecule has 4 nitrogen and oxygen atoms in total. The first kappa shape index (κ1) is 16.7. The molecule has 0 heterocycles. The quantitative estimate of drug-likeness (QED) is 0.808. The van der Waals surface area contributed by atoms with Gasteiger partial charge < -0.3 is 5.32 Å². The molecule has 0 aliphatic heterocycles.